The van der Waals surface area contributed by atoms with Crippen LogP contribution in [0.1, 0.15) is 23.7 Å². The summed E-state index contributed by atoms with van der Waals surface area (Å²) in [4.78, 5) is 14.2. The summed E-state index contributed by atoms with van der Waals surface area (Å²) in [7, 11) is 0. The molecule has 18 heavy (non-hydrogen) atoms. The van der Waals surface area contributed by atoms with Gasteiger partial charge >= 0.3 is 0 Å². The van der Waals surface area contributed by atoms with Crippen LogP contribution >= 0.6 is 0 Å². The molecule has 4 heteroatoms. The highest BCUT2D eigenvalue weighted by atomic mass is 16.5. The number of Topliss-reactive ketones (excluding diaryl/α,β-unsaturated/α-hetero) is 1. The SMILES string of the molecule is CCOc1ccccc1C(=O)CN1CCC(O)C1. The average Bonchev–Trinajstić information content (AvgIpc) is 2.76. The van der Waals surface area contributed by atoms with Crippen LogP contribution in [0.4, 0.5) is 0 Å². The minimum atomic E-state index is -0.292. The number of rotatable bonds is 5. The fourth-order valence-corrected chi connectivity index (χ4v) is 2.22. The minimum absolute atomic E-state index is 0.0492. The predicted octanol–water partition coefficient (Wildman–Crippen LogP) is 1.33. The molecule has 1 aliphatic heterocycles. The molecule has 1 unspecified atom stereocenters. The lowest BCUT2D eigenvalue weighted by Gasteiger charge is -2.15. The van der Waals surface area contributed by atoms with E-state index in [1.54, 1.807) is 6.07 Å². The molecule has 4 nitrogen and oxygen atoms in total. The predicted molar refractivity (Wildman–Crippen MR) is 69.0 cm³/mol. The van der Waals surface area contributed by atoms with Crippen LogP contribution in [0, 0.1) is 0 Å². The molecule has 1 saturated heterocycles. The van der Waals surface area contributed by atoms with Crippen molar-refractivity contribution in [2.24, 2.45) is 0 Å². The van der Waals surface area contributed by atoms with E-state index in [0.717, 1.165) is 13.0 Å². The number of nitrogens with zero attached hydrogens (tertiary/aromatic N) is 1. The van der Waals surface area contributed by atoms with Crippen molar-refractivity contribution in [2.45, 2.75) is 19.4 Å². The highest BCUT2D eigenvalue weighted by molar-refractivity contribution is 6.00. The van der Waals surface area contributed by atoms with Gasteiger partial charge in [-0.2, -0.15) is 0 Å². The lowest BCUT2D eigenvalue weighted by atomic mass is 10.1. The molecule has 1 fully saturated rings. The Morgan fingerprint density at radius 3 is 2.94 bits per heavy atom. The van der Waals surface area contributed by atoms with Gasteiger partial charge in [-0.15, -0.1) is 0 Å². The van der Waals surface area contributed by atoms with Gasteiger partial charge in [-0.3, -0.25) is 9.69 Å². The Labute approximate surface area is 107 Å². The van der Waals surface area contributed by atoms with Crippen LogP contribution in [-0.4, -0.2) is 48.1 Å². The summed E-state index contributed by atoms with van der Waals surface area (Å²) in [5.74, 6) is 0.692. The summed E-state index contributed by atoms with van der Waals surface area (Å²) >= 11 is 0. The molecule has 0 bridgehead atoms. The number of hydrogen-bond donors (Lipinski definition) is 1. The maximum absolute atomic E-state index is 12.2. The zero-order valence-corrected chi connectivity index (χ0v) is 10.6. The van der Waals surface area contributed by atoms with Crippen molar-refractivity contribution >= 4 is 5.78 Å². The first-order valence-electron chi connectivity index (χ1n) is 6.36. The highest BCUT2D eigenvalue weighted by Crippen LogP contribution is 2.19. The van der Waals surface area contributed by atoms with Gasteiger partial charge in [-0.05, 0) is 25.5 Å². The zero-order chi connectivity index (χ0) is 13.0. The Balaban J connectivity index is 2.04. The molecule has 1 heterocycles. The van der Waals surface area contributed by atoms with E-state index >= 15 is 0 Å². The summed E-state index contributed by atoms with van der Waals surface area (Å²) in [6, 6.07) is 7.31. The first-order chi connectivity index (χ1) is 8.70. The Hall–Kier alpha value is -1.39. The first-order valence-corrected chi connectivity index (χ1v) is 6.36. The van der Waals surface area contributed by atoms with E-state index in [-0.39, 0.29) is 11.9 Å². The van der Waals surface area contributed by atoms with Gasteiger partial charge in [0.1, 0.15) is 5.75 Å². The van der Waals surface area contributed by atoms with Gasteiger partial charge in [0.15, 0.2) is 5.78 Å². The molecule has 1 atom stereocenters. The Morgan fingerprint density at radius 1 is 1.50 bits per heavy atom. The standard InChI is InChI=1S/C14H19NO3/c1-2-18-14-6-4-3-5-12(14)13(17)10-15-8-7-11(16)9-15/h3-6,11,16H,2,7-10H2,1H3. The quantitative estimate of drug-likeness (QED) is 0.800. The number of carbonyl (C=O) groups is 1. The molecule has 0 saturated carbocycles. The second-order valence-electron chi connectivity index (χ2n) is 4.53. The van der Waals surface area contributed by atoms with E-state index in [1.165, 1.54) is 0 Å². The third-order valence-corrected chi connectivity index (χ3v) is 3.10. The van der Waals surface area contributed by atoms with Crippen molar-refractivity contribution in [3.05, 3.63) is 29.8 Å². The minimum Gasteiger partial charge on any atom is -0.493 e. The largest absolute Gasteiger partial charge is 0.493 e. The molecule has 1 N–H and O–H groups in total. The Kier molecular flexibility index (Phi) is 4.33. The van der Waals surface area contributed by atoms with E-state index in [0.29, 0.717) is 31.0 Å². The van der Waals surface area contributed by atoms with E-state index in [4.69, 9.17) is 4.74 Å². The maximum Gasteiger partial charge on any atom is 0.180 e. The third-order valence-electron chi connectivity index (χ3n) is 3.10. The number of ketones is 1. The number of carbonyl (C=O) groups excluding carboxylic acids is 1. The zero-order valence-electron chi connectivity index (χ0n) is 10.6. The van der Waals surface area contributed by atoms with Crippen molar-refractivity contribution in [1.82, 2.24) is 4.90 Å². The Morgan fingerprint density at radius 2 is 2.28 bits per heavy atom. The molecule has 0 amide bonds. The molecule has 1 aliphatic rings. The summed E-state index contributed by atoms with van der Waals surface area (Å²) < 4.78 is 5.45. The van der Waals surface area contributed by atoms with Crippen molar-refractivity contribution in [1.29, 1.82) is 0 Å². The molecule has 0 aromatic heterocycles. The summed E-state index contributed by atoms with van der Waals surface area (Å²) in [6.45, 7) is 4.16. The van der Waals surface area contributed by atoms with Crippen LogP contribution in [0.3, 0.4) is 0 Å². The second-order valence-corrected chi connectivity index (χ2v) is 4.53. The van der Waals surface area contributed by atoms with E-state index < -0.39 is 0 Å². The monoisotopic (exact) mass is 249 g/mol. The van der Waals surface area contributed by atoms with E-state index in [2.05, 4.69) is 0 Å². The number of aliphatic hydroxyl groups is 1. The smallest absolute Gasteiger partial charge is 0.180 e. The molecule has 1 aromatic rings. The first kappa shape index (κ1) is 13.1. The van der Waals surface area contributed by atoms with Gasteiger partial charge in [0.25, 0.3) is 0 Å². The van der Waals surface area contributed by atoms with Gasteiger partial charge < -0.3 is 9.84 Å². The average molecular weight is 249 g/mol. The molecular weight excluding hydrogens is 230 g/mol. The summed E-state index contributed by atoms with van der Waals surface area (Å²) in [5, 5.41) is 9.44. The number of aliphatic hydroxyl groups excluding tert-OH is 1. The van der Waals surface area contributed by atoms with Crippen LogP contribution in [0.5, 0.6) is 5.75 Å². The third kappa shape index (κ3) is 3.09. The van der Waals surface area contributed by atoms with E-state index in [9.17, 15) is 9.90 Å². The lowest BCUT2D eigenvalue weighted by Crippen LogP contribution is -2.28. The normalized spacial score (nSPS) is 20.0. The van der Waals surface area contributed by atoms with Crippen LogP contribution in [0.25, 0.3) is 0 Å². The number of ether oxygens (including phenoxy) is 1. The molecule has 1 aromatic carbocycles. The molecule has 0 spiro atoms. The fourth-order valence-electron chi connectivity index (χ4n) is 2.22. The van der Waals surface area contributed by atoms with Gasteiger partial charge in [0.05, 0.1) is 24.8 Å². The lowest BCUT2D eigenvalue weighted by molar-refractivity contribution is 0.0931. The molecule has 2 rings (SSSR count). The molecule has 0 radical (unpaired) electrons. The molecule has 0 aliphatic carbocycles. The summed E-state index contributed by atoms with van der Waals surface area (Å²) in [6.07, 6.45) is 0.459. The fraction of sp³-hybridized carbons (Fsp3) is 0.500. The van der Waals surface area contributed by atoms with Gasteiger partial charge in [-0.1, -0.05) is 12.1 Å². The van der Waals surface area contributed by atoms with Gasteiger partial charge in [0, 0.05) is 13.1 Å². The second kappa shape index (κ2) is 5.98. The van der Waals surface area contributed by atoms with Crippen molar-refractivity contribution in [3.63, 3.8) is 0 Å². The summed E-state index contributed by atoms with van der Waals surface area (Å²) in [5.41, 5.74) is 0.626. The number of para-hydroxylation sites is 1. The Bertz CT molecular complexity index is 419. The van der Waals surface area contributed by atoms with Gasteiger partial charge in [0.2, 0.25) is 0 Å². The van der Waals surface area contributed by atoms with Crippen molar-refractivity contribution in [2.75, 3.05) is 26.2 Å². The maximum atomic E-state index is 12.2. The highest BCUT2D eigenvalue weighted by Gasteiger charge is 2.23. The van der Waals surface area contributed by atoms with Crippen LogP contribution in [0.2, 0.25) is 0 Å². The van der Waals surface area contributed by atoms with Crippen LogP contribution in [-0.2, 0) is 0 Å². The van der Waals surface area contributed by atoms with Crippen molar-refractivity contribution in [3.8, 4) is 5.75 Å². The van der Waals surface area contributed by atoms with Crippen molar-refractivity contribution < 1.29 is 14.6 Å². The number of benzene rings is 1. The number of likely N-dealkylation sites (tertiary alicyclic amines) is 1. The molecular formula is C14H19NO3. The van der Waals surface area contributed by atoms with Crippen LogP contribution in [0.15, 0.2) is 24.3 Å². The van der Waals surface area contributed by atoms with Gasteiger partial charge in [-0.25, -0.2) is 0 Å². The number of β-amino-alcohol motifs (C(OH)–C–C–N with tert-alkyl or cyclic N) is 1. The topological polar surface area (TPSA) is 49.8 Å². The molecule has 98 valence electrons. The number of hydrogen-bond acceptors (Lipinski definition) is 4. The van der Waals surface area contributed by atoms with Crippen LogP contribution < -0.4 is 4.74 Å². The van der Waals surface area contributed by atoms with E-state index in [1.807, 2.05) is 30.0 Å².